The van der Waals surface area contributed by atoms with Gasteiger partial charge in [-0.05, 0) is 30.2 Å². The molecular weight excluding hydrogens is 315 g/mol. The molecule has 1 unspecified atom stereocenters. The van der Waals surface area contributed by atoms with Crippen LogP contribution in [0.3, 0.4) is 0 Å². The van der Waals surface area contributed by atoms with E-state index in [0.29, 0.717) is 6.54 Å². The Balaban J connectivity index is 1.87. The quantitative estimate of drug-likeness (QED) is 0.887. The third kappa shape index (κ3) is 4.96. The number of amides is 2. The minimum atomic E-state index is -0.465. The summed E-state index contributed by atoms with van der Waals surface area (Å²) in [5, 5.41) is 5.70. The van der Waals surface area contributed by atoms with Crippen LogP contribution in [-0.4, -0.2) is 24.1 Å². The molecule has 2 rings (SSSR count). The van der Waals surface area contributed by atoms with E-state index in [2.05, 4.69) is 10.6 Å². The van der Waals surface area contributed by atoms with Gasteiger partial charge in [-0.15, -0.1) is 11.8 Å². The van der Waals surface area contributed by atoms with Gasteiger partial charge in [0.15, 0.2) is 0 Å². The molecule has 2 amide bonds. The molecule has 6 heteroatoms. The van der Waals surface area contributed by atoms with Gasteiger partial charge in [-0.2, -0.15) is 0 Å². The van der Waals surface area contributed by atoms with E-state index < -0.39 is 5.41 Å². The van der Waals surface area contributed by atoms with Crippen molar-refractivity contribution in [3.63, 3.8) is 0 Å². The van der Waals surface area contributed by atoms with Crippen molar-refractivity contribution in [1.82, 2.24) is 10.6 Å². The van der Waals surface area contributed by atoms with Crippen LogP contribution in [0.4, 0.5) is 4.39 Å². The Hall–Kier alpha value is -1.56. The Morgan fingerprint density at radius 2 is 2.09 bits per heavy atom. The molecule has 1 aliphatic rings. The van der Waals surface area contributed by atoms with Crippen molar-refractivity contribution in [2.75, 3.05) is 12.3 Å². The second-order valence-corrected chi connectivity index (χ2v) is 7.83. The van der Waals surface area contributed by atoms with Gasteiger partial charge in [-0.25, -0.2) is 4.39 Å². The Labute approximate surface area is 140 Å². The van der Waals surface area contributed by atoms with Gasteiger partial charge in [0, 0.05) is 29.0 Å². The first-order chi connectivity index (χ1) is 10.8. The minimum absolute atomic E-state index is 0.0771. The molecule has 23 heavy (non-hydrogen) atoms. The average molecular weight is 338 g/mol. The molecule has 0 radical (unpaired) electrons. The van der Waals surface area contributed by atoms with Gasteiger partial charge in [-0.3, -0.25) is 9.59 Å². The van der Waals surface area contributed by atoms with Crippen molar-refractivity contribution in [3.8, 4) is 0 Å². The zero-order valence-corrected chi connectivity index (χ0v) is 14.6. The number of fused-ring (bicyclic) bond motifs is 1. The number of benzene rings is 1. The van der Waals surface area contributed by atoms with Crippen molar-refractivity contribution >= 4 is 23.6 Å². The normalized spacial score (nSPS) is 17.3. The van der Waals surface area contributed by atoms with Gasteiger partial charge in [0.1, 0.15) is 5.82 Å². The number of halogens is 1. The highest BCUT2D eigenvalue weighted by Gasteiger charge is 2.23. The maximum Gasteiger partial charge on any atom is 0.225 e. The molecule has 1 aromatic rings. The lowest BCUT2D eigenvalue weighted by Gasteiger charge is -2.26. The summed E-state index contributed by atoms with van der Waals surface area (Å²) >= 11 is 1.68. The maximum atomic E-state index is 13.4. The first-order valence-electron chi connectivity index (χ1n) is 7.77. The number of rotatable bonds is 4. The molecule has 2 N–H and O–H groups in total. The Bertz CT molecular complexity index is 599. The first kappa shape index (κ1) is 17.8. The molecule has 1 aromatic carbocycles. The Kier molecular flexibility index (Phi) is 5.68. The fourth-order valence-electron chi connectivity index (χ4n) is 2.34. The number of hydrogen-bond acceptors (Lipinski definition) is 3. The van der Waals surface area contributed by atoms with Crippen LogP contribution in [0.25, 0.3) is 0 Å². The van der Waals surface area contributed by atoms with E-state index in [9.17, 15) is 14.0 Å². The average Bonchev–Trinajstić information content (AvgIpc) is 2.46. The van der Waals surface area contributed by atoms with Crippen molar-refractivity contribution in [2.45, 2.75) is 44.6 Å². The predicted molar refractivity (Wildman–Crippen MR) is 89.7 cm³/mol. The van der Waals surface area contributed by atoms with Gasteiger partial charge in [0.05, 0.1) is 6.04 Å². The number of carbonyl (C=O) groups excluding carboxylic acids is 2. The SMILES string of the molecule is CC(C)(C)C(=O)NCCC(=O)NC1CCSc2ccc(F)cc21. The lowest BCUT2D eigenvalue weighted by Crippen LogP contribution is -2.38. The van der Waals surface area contributed by atoms with E-state index in [4.69, 9.17) is 0 Å². The van der Waals surface area contributed by atoms with Crippen LogP contribution in [0, 0.1) is 11.2 Å². The highest BCUT2D eigenvalue weighted by Crippen LogP contribution is 2.36. The fourth-order valence-corrected chi connectivity index (χ4v) is 3.44. The van der Waals surface area contributed by atoms with E-state index in [0.717, 1.165) is 22.6 Å². The lowest BCUT2D eigenvalue weighted by atomic mass is 9.96. The van der Waals surface area contributed by atoms with Crippen molar-refractivity contribution < 1.29 is 14.0 Å². The summed E-state index contributed by atoms with van der Waals surface area (Å²) < 4.78 is 13.4. The molecule has 0 aromatic heterocycles. The van der Waals surface area contributed by atoms with Crippen molar-refractivity contribution in [3.05, 3.63) is 29.6 Å². The van der Waals surface area contributed by atoms with Crippen LogP contribution in [-0.2, 0) is 9.59 Å². The van der Waals surface area contributed by atoms with E-state index in [1.165, 1.54) is 12.1 Å². The molecule has 0 saturated heterocycles. The van der Waals surface area contributed by atoms with Crippen molar-refractivity contribution in [1.29, 1.82) is 0 Å². The second-order valence-electron chi connectivity index (χ2n) is 6.70. The minimum Gasteiger partial charge on any atom is -0.355 e. The third-order valence-corrected chi connectivity index (χ3v) is 4.79. The van der Waals surface area contributed by atoms with Gasteiger partial charge in [0.25, 0.3) is 0 Å². The van der Waals surface area contributed by atoms with E-state index in [1.807, 2.05) is 20.8 Å². The molecule has 1 atom stereocenters. The third-order valence-electron chi connectivity index (χ3n) is 3.67. The largest absolute Gasteiger partial charge is 0.355 e. The molecular formula is C17H23FN2O2S. The smallest absolute Gasteiger partial charge is 0.225 e. The van der Waals surface area contributed by atoms with Gasteiger partial charge >= 0.3 is 0 Å². The number of nitrogens with one attached hydrogen (secondary N) is 2. The second kappa shape index (κ2) is 7.34. The zero-order chi connectivity index (χ0) is 17.0. The standard InChI is InChI=1S/C17H23FN2O2S/c1-17(2,3)16(22)19-8-6-15(21)20-13-7-9-23-14-5-4-11(18)10-12(13)14/h4-5,10,13H,6-9H2,1-3H3,(H,19,22)(H,20,21). The maximum absolute atomic E-state index is 13.4. The first-order valence-corrected chi connectivity index (χ1v) is 8.76. The van der Waals surface area contributed by atoms with E-state index in [-0.39, 0.29) is 30.1 Å². The molecule has 126 valence electrons. The van der Waals surface area contributed by atoms with Crippen LogP contribution in [0.1, 0.15) is 45.2 Å². The summed E-state index contributed by atoms with van der Waals surface area (Å²) in [6, 6.07) is 4.54. The summed E-state index contributed by atoms with van der Waals surface area (Å²) in [6.07, 6.45) is 0.997. The van der Waals surface area contributed by atoms with Crippen LogP contribution >= 0.6 is 11.8 Å². The van der Waals surface area contributed by atoms with Crippen LogP contribution in [0.5, 0.6) is 0 Å². The molecule has 0 spiro atoms. The molecule has 0 fully saturated rings. The number of thioether (sulfide) groups is 1. The summed E-state index contributed by atoms with van der Waals surface area (Å²) in [5.74, 6) is 0.394. The van der Waals surface area contributed by atoms with Gasteiger partial charge < -0.3 is 10.6 Å². The molecule has 1 aliphatic heterocycles. The molecule has 0 aliphatic carbocycles. The highest BCUT2D eigenvalue weighted by molar-refractivity contribution is 7.99. The molecule has 1 heterocycles. The van der Waals surface area contributed by atoms with E-state index >= 15 is 0 Å². The van der Waals surface area contributed by atoms with Crippen molar-refractivity contribution in [2.24, 2.45) is 5.41 Å². The van der Waals surface area contributed by atoms with Crippen LogP contribution in [0.2, 0.25) is 0 Å². The van der Waals surface area contributed by atoms with E-state index in [1.54, 1.807) is 17.8 Å². The van der Waals surface area contributed by atoms with Crippen LogP contribution < -0.4 is 10.6 Å². The zero-order valence-electron chi connectivity index (χ0n) is 13.7. The predicted octanol–water partition coefficient (Wildman–Crippen LogP) is 3.03. The summed E-state index contributed by atoms with van der Waals surface area (Å²) in [4.78, 5) is 24.8. The molecule has 0 saturated carbocycles. The molecule has 0 bridgehead atoms. The summed E-state index contributed by atoms with van der Waals surface area (Å²) in [6.45, 7) is 5.79. The molecule has 4 nitrogen and oxygen atoms in total. The topological polar surface area (TPSA) is 58.2 Å². The van der Waals surface area contributed by atoms with Gasteiger partial charge in [0.2, 0.25) is 11.8 Å². The lowest BCUT2D eigenvalue weighted by molar-refractivity contribution is -0.128. The van der Waals surface area contributed by atoms with Gasteiger partial charge in [-0.1, -0.05) is 20.8 Å². The highest BCUT2D eigenvalue weighted by atomic mass is 32.2. The Morgan fingerprint density at radius 1 is 1.35 bits per heavy atom. The van der Waals surface area contributed by atoms with Crippen LogP contribution in [0.15, 0.2) is 23.1 Å². The summed E-state index contributed by atoms with van der Waals surface area (Å²) in [5.41, 5.74) is 0.376. The fraction of sp³-hybridized carbons (Fsp3) is 0.529. The Morgan fingerprint density at radius 3 is 2.78 bits per heavy atom. The monoisotopic (exact) mass is 338 g/mol. The summed E-state index contributed by atoms with van der Waals surface area (Å²) in [7, 11) is 0. The number of carbonyl (C=O) groups is 2. The number of hydrogen-bond donors (Lipinski definition) is 2.